The maximum absolute atomic E-state index is 11.6. The van der Waals surface area contributed by atoms with Crippen LogP contribution < -0.4 is 5.32 Å². The molecule has 14 heavy (non-hydrogen) atoms. The highest BCUT2D eigenvalue weighted by Gasteiger charge is 2.27. The van der Waals surface area contributed by atoms with Crippen LogP contribution in [0.2, 0.25) is 0 Å². The minimum absolute atomic E-state index is 0.00402. The van der Waals surface area contributed by atoms with Gasteiger partial charge in [0.2, 0.25) is 0 Å². The fourth-order valence-corrected chi connectivity index (χ4v) is 0.745. The zero-order chi connectivity index (χ0) is 11.0. The molecule has 0 amide bonds. The zero-order valence-corrected chi connectivity index (χ0v) is 8.10. The molecule has 3 nitrogen and oxygen atoms in total. The van der Waals surface area contributed by atoms with E-state index < -0.39 is 18.9 Å². The van der Waals surface area contributed by atoms with Gasteiger partial charge in [0, 0.05) is 13.1 Å². The molecule has 0 rings (SSSR count). The largest absolute Gasteiger partial charge is 0.411 e. The van der Waals surface area contributed by atoms with Crippen molar-refractivity contribution in [1.29, 1.82) is 0 Å². The standard InChI is InChI=1S/C8H16F3NO2/c1-2-7(13)5-12-3-4-14-6-8(9,10)11/h7,12-13H,2-6H2,1H3. The number of hydrogen-bond acceptors (Lipinski definition) is 3. The number of halogens is 3. The van der Waals surface area contributed by atoms with Crippen molar-refractivity contribution in [1.82, 2.24) is 5.32 Å². The topological polar surface area (TPSA) is 41.5 Å². The predicted octanol–water partition coefficient (Wildman–Crippen LogP) is 0.926. The van der Waals surface area contributed by atoms with E-state index in [1.54, 1.807) is 0 Å². The molecule has 0 spiro atoms. The van der Waals surface area contributed by atoms with E-state index >= 15 is 0 Å². The van der Waals surface area contributed by atoms with Gasteiger partial charge in [0.15, 0.2) is 0 Å². The van der Waals surface area contributed by atoms with Crippen LogP contribution in [0.25, 0.3) is 0 Å². The van der Waals surface area contributed by atoms with E-state index in [2.05, 4.69) is 10.1 Å². The summed E-state index contributed by atoms with van der Waals surface area (Å²) in [5.41, 5.74) is 0. The minimum Gasteiger partial charge on any atom is -0.392 e. The maximum atomic E-state index is 11.6. The van der Waals surface area contributed by atoms with Crippen molar-refractivity contribution in [3.8, 4) is 0 Å². The summed E-state index contributed by atoms with van der Waals surface area (Å²) in [6.07, 6.45) is -4.09. The van der Waals surface area contributed by atoms with Crippen molar-refractivity contribution in [2.75, 3.05) is 26.3 Å². The summed E-state index contributed by atoms with van der Waals surface area (Å²) >= 11 is 0. The maximum Gasteiger partial charge on any atom is 0.411 e. The monoisotopic (exact) mass is 215 g/mol. The quantitative estimate of drug-likeness (QED) is 0.621. The normalized spacial score (nSPS) is 14.4. The summed E-state index contributed by atoms with van der Waals surface area (Å²) in [5, 5.41) is 11.8. The fraction of sp³-hybridized carbons (Fsp3) is 1.00. The summed E-state index contributed by atoms with van der Waals surface area (Å²) in [4.78, 5) is 0. The van der Waals surface area contributed by atoms with Gasteiger partial charge in [0.1, 0.15) is 6.61 Å². The Morgan fingerprint density at radius 2 is 2.07 bits per heavy atom. The molecule has 1 atom stereocenters. The Balaban J connectivity index is 3.14. The van der Waals surface area contributed by atoms with Crippen LogP contribution in [0.15, 0.2) is 0 Å². The fourth-order valence-electron chi connectivity index (χ4n) is 0.745. The first-order valence-electron chi connectivity index (χ1n) is 4.49. The average Bonchev–Trinajstić information content (AvgIpc) is 2.08. The highest BCUT2D eigenvalue weighted by molar-refractivity contribution is 4.56. The molecule has 0 bridgehead atoms. The van der Waals surface area contributed by atoms with Crippen molar-refractivity contribution in [2.45, 2.75) is 25.6 Å². The molecule has 0 aromatic rings. The van der Waals surface area contributed by atoms with Gasteiger partial charge in [-0.3, -0.25) is 0 Å². The highest BCUT2D eigenvalue weighted by atomic mass is 19.4. The summed E-state index contributed by atoms with van der Waals surface area (Å²) in [6.45, 7) is 1.30. The molecule has 0 aromatic carbocycles. The van der Waals surface area contributed by atoms with Crippen LogP contribution in [-0.4, -0.2) is 43.7 Å². The molecule has 0 radical (unpaired) electrons. The highest BCUT2D eigenvalue weighted by Crippen LogP contribution is 2.13. The summed E-state index contributed by atoms with van der Waals surface area (Å²) in [7, 11) is 0. The van der Waals surface area contributed by atoms with Crippen LogP contribution >= 0.6 is 0 Å². The van der Waals surface area contributed by atoms with E-state index in [9.17, 15) is 13.2 Å². The van der Waals surface area contributed by atoms with E-state index in [4.69, 9.17) is 5.11 Å². The second kappa shape index (κ2) is 7.03. The number of rotatable bonds is 7. The second-order valence-electron chi connectivity index (χ2n) is 2.93. The summed E-state index contributed by atoms with van der Waals surface area (Å²) in [5.74, 6) is 0. The van der Waals surface area contributed by atoms with Crippen molar-refractivity contribution in [3.05, 3.63) is 0 Å². The lowest BCUT2D eigenvalue weighted by Gasteiger charge is -2.10. The molecule has 6 heteroatoms. The van der Waals surface area contributed by atoms with E-state index in [-0.39, 0.29) is 6.61 Å². The summed E-state index contributed by atoms with van der Waals surface area (Å²) < 4.78 is 39.0. The molecule has 2 N–H and O–H groups in total. The first-order chi connectivity index (χ1) is 6.45. The number of nitrogens with one attached hydrogen (secondary N) is 1. The number of hydrogen-bond donors (Lipinski definition) is 2. The van der Waals surface area contributed by atoms with E-state index in [1.165, 1.54) is 0 Å². The Hall–Kier alpha value is -0.330. The Morgan fingerprint density at radius 3 is 2.57 bits per heavy atom. The number of ether oxygens (including phenoxy) is 1. The Morgan fingerprint density at radius 1 is 1.43 bits per heavy atom. The Labute approximate surface area is 81.2 Å². The molecule has 0 heterocycles. The van der Waals surface area contributed by atoms with Crippen LogP contribution in [0.4, 0.5) is 13.2 Å². The average molecular weight is 215 g/mol. The molecular formula is C8H16F3NO2. The van der Waals surface area contributed by atoms with Gasteiger partial charge in [-0.05, 0) is 6.42 Å². The minimum atomic E-state index is -4.26. The predicted molar refractivity (Wildman–Crippen MR) is 46.0 cm³/mol. The van der Waals surface area contributed by atoms with Crippen LogP contribution in [0.1, 0.15) is 13.3 Å². The third-order valence-corrected chi connectivity index (χ3v) is 1.54. The Kier molecular flexibility index (Phi) is 6.86. The third-order valence-electron chi connectivity index (χ3n) is 1.54. The molecule has 0 aromatic heterocycles. The van der Waals surface area contributed by atoms with Crippen molar-refractivity contribution in [3.63, 3.8) is 0 Å². The lowest BCUT2D eigenvalue weighted by Crippen LogP contribution is -2.30. The van der Waals surface area contributed by atoms with Crippen molar-refractivity contribution >= 4 is 0 Å². The van der Waals surface area contributed by atoms with E-state index in [0.717, 1.165) is 0 Å². The summed E-state index contributed by atoms with van der Waals surface area (Å²) in [6, 6.07) is 0. The van der Waals surface area contributed by atoms with Gasteiger partial charge < -0.3 is 15.2 Å². The first kappa shape index (κ1) is 13.7. The number of aliphatic hydroxyl groups excluding tert-OH is 1. The van der Waals surface area contributed by atoms with Gasteiger partial charge in [-0.1, -0.05) is 6.92 Å². The molecular weight excluding hydrogens is 199 g/mol. The van der Waals surface area contributed by atoms with Crippen molar-refractivity contribution in [2.24, 2.45) is 0 Å². The van der Waals surface area contributed by atoms with Crippen LogP contribution in [0, 0.1) is 0 Å². The molecule has 0 fully saturated rings. The molecule has 1 unspecified atom stereocenters. The van der Waals surface area contributed by atoms with Gasteiger partial charge in [-0.15, -0.1) is 0 Å². The molecule has 0 aliphatic rings. The molecule has 0 saturated heterocycles. The van der Waals surface area contributed by atoms with Crippen LogP contribution in [0.3, 0.4) is 0 Å². The number of aliphatic hydroxyl groups is 1. The van der Waals surface area contributed by atoms with Crippen molar-refractivity contribution < 1.29 is 23.0 Å². The molecule has 0 aliphatic carbocycles. The second-order valence-corrected chi connectivity index (χ2v) is 2.93. The first-order valence-corrected chi connectivity index (χ1v) is 4.49. The van der Waals surface area contributed by atoms with E-state index in [1.807, 2.05) is 6.92 Å². The van der Waals surface area contributed by atoms with Gasteiger partial charge in [0.25, 0.3) is 0 Å². The van der Waals surface area contributed by atoms with Crippen LogP contribution in [-0.2, 0) is 4.74 Å². The molecule has 86 valence electrons. The third kappa shape index (κ3) is 9.76. The van der Waals surface area contributed by atoms with E-state index in [0.29, 0.717) is 19.5 Å². The molecule has 0 saturated carbocycles. The lowest BCUT2D eigenvalue weighted by atomic mass is 10.3. The smallest absolute Gasteiger partial charge is 0.392 e. The van der Waals surface area contributed by atoms with Crippen LogP contribution in [0.5, 0.6) is 0 Å². The van der Waals surface area contributed by atoms with Gasteiger partial charge >= 0.3 is 6.18 Å². The van der Waals surface area contributed by atoms with Gasteiger partial charge in [-0.2, -0.15) is 13.2 Å². The lowest BCUT2D eigenvalue weighted by molar-refractivity contribution is -0.173. The number of alkyl halides is 3. The van der Waals surface area contributed by atoms with Gasteiger partial charge in [0.05, 0.1) is 12.7 Å². The SMILES string of the molecule is CCC(O)CNCCOCC(F)(F)F. The molecule has 0 aliphatic heterocycles. The zero-order valence-electron chi connectivity index (χ0n) is 8.10. The Bertz CT molecular complexity index is 141. The van der Waals surface area contributed by atoms with Gasteiger partial charge in [-0.25, -0.2) is 0 Å².